The third-order valence-corrected chi connectivity index (χ3v) is 3.68. The third-order valence-electron chi connectivity index (χ3n) is 3.68. The quantitative estimate of drug-likeness (QED) is 0.823. The summed E-state index contributed by atoms with van der Waals surface area (Å²) >= 11 is 0. The van der Waals surface area contributed by atoms with Gasteiger partial charge < -0.3 is 15.8 Å². The Kier molecular flexibility index (Phi) is 4.04. The molecule has 0 atom stereocenters. The van der Waals surface area contributed by atoms with Crippen molar-refractivity contribution in [3.8, 4) is 5.75 Å². The summed E-state index contributed by atoms with van der Waals surface area (Å²) in [6.07, 6.45) is 3.06. The minimum absolute atomic E-state index is 0.0457. The molecule has 19 heavy (non-hydrogen) atoms. The summed E-state index contributed by atoms with van der Waals surface area (Å²) in [6.45, 7) is 1.18. The van der Waals surface area contributed by atoms with Gasteiger partial charge in [-0.15, -0.1) is 0 Å². The molecule has 1 aromatic rings. The third kappa shape index (κ3) is 3.23. The fraction of sp³-hybridized carbons (Fsp3) is 0.500. The van der Waals surface area contributed by atoms with E-state index in [1.807, 2.05) is 0 Å². The van der Waals surface area contributed by atoms with Crippen molar-refractivity contribution in [1.82, 2.24) is 5.32 Å². The van der Waals surface area contributed by atoms with Crippen LogP contribution in [0.2, 0.25) is 0 Å². The number of carbonyl (C=O) groups is 1. The van der Waals surface area contributed by atoms with Crippen LogP contribution in [0, 0.1) is 11.2 Å². The fourth-order valence-electron chi connectivity index (χ4n) is 2.17. The first-order chi connectivity index (χ1) is 9.10. The highest BCUT2D eigenvalue weighted by Crippen LogP contribution is 2.47. The molecule has 1 aromatic carbocycles. The maximum Gasteiger partial charge on any atom is 0.254 e. The van der Waals surface area contributed by atoms with Crippen molar-refractivity contribution < 1.29 is 13.9 Å². The Balaban J connectivity index is 1.96. The number of hydrogen-bond acceptors (Lipinski definition) is 3. The molecule has 1 aliphatic rings. The Morgan fingerprint density at radius 1 is 1.53 bits per heavy atom. The largest absolute Gasteiger partial charge is 0.497 e. The zero-order valence-corrected chi connectivity index (χ0v) is 11.0. The molecule has 1 saturated carbocycles. The molecule has 0 spiro atoms. The first-order valence-corrected chi connectivity index (χ1v) is 6.42. The van der Waals surface area contributed by atoms with Gasteiger partial charge in [-0.05, 0) is 43.4 Å². The van der Waals surface area contributed by atoms with Crippen LogP contribution in [0.1, 0.15) is 29.6 Å². The first kappa shape index (κ1) is 13.8. The van der Waals surface area contributed by atoms with Crippen molar-refractivity contribution in [1.29, 1.82) is 0 Å². The summed E-state index contributed by atoms with van der Waals surface area (Å²) in [7, 11) is 1.46. The van der Waals surface area contributed by atoms with E-state index in [-0.39, 0.29) is 16.9 Å². The molecule has 1 fully saturated rings. The van der Waals surface area contributed by atoms with E-state index in [1.54, 1.807) is 6.07 Å². The van der Waals surface area contributed by atoms with Crippen LogP contribution in [0.5, 0.6) is 5.75 Å². The second-order valence-corrected chi connectivity index (χ2v) is 5.07. The lowest BCUT2D eigenvalue weighted by Crippen LogP contribution is -2.31. The number of nitrogens with two attached hydrogens (primary N) is 1. The van der Waals surface area contributed by atoms with Crippen LogP contribution in [0.3, 0.4) is 0 Å². The summed E-state index contributed by atoms with van der Waals surface area (Å²) in [5.41, 5.74) is 5.73. The summed E-state index contributed by atoms with van der Waals surface area (Å²) in [5, 5.41) is 2.79. The lowest BCUT2D eigenvalue weighted by atomic mass is 10.0. The molecule has 0 heterocycles. The molecule has 0 radical (unpaired) electrons. The van der Waals surface area contributed by atoms with Crippen LogP contribution in [0.25, 0.3) is 0 Å². The highest BCUT2D eigenvalue weighted by molar-refractivity contribution is 5.94. The molecule has 1 aliphatic carbocycles. The van der Waals surface area contributed by atoms with Gasteiger partial charge in [-0.2, -0.15) is 0 Å². The molecule has 0 bridgehead atoms. The van der Waals surface area contributed by atoms with E-state index in [1.165, 1.54) is 19.2 Å². The van der Waals surface area contributed by atoms with Gasteiger partial charge in [-0.3, -0.25) is 4.79 Å². The van der Waals surface area contributed by atoms with E-state index in [0.29, 0.717) is 18.8 Å². The smallest absolute Gasteiger partial charge is 0.254 e. The average molecular weight is 266 g/mol. The predicted octanol–water partition coefficient (Wildman–Crippen LogP) is 1.69. The Morgan fingerprint density at radius 3 is 2.79 bits per heavy atom. The van der Waals surface area contributed by atoms with Gasteiger partial charge >= 0.3 is 0 Å². The van der Waals surface area contributed by atoms with Crippen molar-refractivity contribution in [2.75, 3.05) is 20.2 Å². The van der Waals surface area contributed by atoms with Crippen LogP contribution in [-0.4, -0.2) is 26.1 Å². The SMILES string of the molecule is COc1ccc(C(=O)NCC2(CCN)CC2)c(F)c1. The zero-order chi connectivity index (χ0) is 13.9. The Labute approximate surface area is 112 Å². The van der Waals surface area contributed by atoms with E-state index in [2.05, 4.69) is 5.32 Å². The maximum absolute atomic E-state index is 13.7. The summed E-state index contributed by atoms with van der Waals surface area (Å²) in [5.74, 6) is -0.556. The van der Waals surface area contributed by atoms with Gasteiger partial charge in [0.1, 0.15) is 11.6 Å². The molecule has 4 nitrogen and oxygen atoms in total. The fourth-order valence-corrected chi connectivity index (χ4v) is 2.17. The van der Waals surface area contributed by atoms with Gasteiger partial charge in [0.2, 0.25) is 0 Å². The predicted molar refractivity (Wildman–Crippen MR) is 70.6 cm³/mol. The van der Waals surface area contributed by atoms with E-state index in [0.717, 1.165) is 19.3 Å². The molecule has 0 aromatic heterocycles. The lowest BCUT2D eigenvalue weighted by molar-refractivity contribution is 0.0940. The Hall–Kier alpha value is -1.62. The van der Waals surface area contributed by atoms with Crippen molar-refractivity contribution >= 4 is 5.91 Å². The number of halogens is 1. The monoisotopic (exact) mass is 266 g/mol. The van der Waals surface area contributed by atoms with Crippen LogP contribution in [0.4, 0.5) is 4.39 Å². The number of ether oxygens (including phenoxy) is 1. The van der Waals surface area contributed by atoms with Crippen LogP contribution < -0.4 is 15.8 Å². The molecule has 0 aliphatic heterocycles. The molecule has 1 amide bonds. The summed E-state index contributed by atoms with van der Waals surface area (Å²) in [6, 6.07) is 4.22. The number of rotatable bonds is 6. The van der Waals surface area contributed by atoms with E-state index in [4.69, 9.17) is 10.5 Å². The zero-order valence-electron chi connectivity index (χ0n) is 11.0. The van der Waals surface area contributed by atoms with Gasteiger partial charge in [0.25, 0.3) is 5.91 Å². The first-order valence-electron chi connectivity index (χ1n) is 6.42. The molecule has 2 rings (SSSR count). The van der Waals surface area contributed by atoms with E-state index >= 15 is 0 Å². The number of carbonyl (C=O) groups excluding carboxylic acids is 1. The van der Waals surface area contributed by atoms with Crippen molar-refractivity contribution in [3.63, 3.8) is 0 Å². The number of benzene rings is 1. The van der Waals surface area contributed by atoms with Crippen LogP contribution in [0.15, 0.2) is 18.2 Å². The Morgan fingerprint density at radius 2 is 2.26 bits per heavy atom. The van der Waals surface area contributed by atoms with Crippen molar-refractivity contribution in [2.45, 2.75) is 19.3 Å². The number of methoxy groups -OCH3 is 1. The van der Waals surface area contributed by atoms with Crippen LogP contribution >= 0.6 is 0 Å². The number of hydrogen-bond donors (Lipinski definition) is 2. The minimum atomic E-state index is -0.569. The normalized spacial score (nSPS) is 15.9. The van der Waals surface area contributed by atoms with Crippen LogP contribution in [-0.2, 0) is 0 Å². The average Bonchev–Trinajstić information content (AvgIpc) is 3.16. The van der Waals surface area contributed by atoms with Gasteiger partial charge in [0.15, 0.2) is 0 Å². The maximum atomic E-state index is 13.7. The molecule has 0 unspecified atom stereocenters. The highest BCUT2D eigenvalue weighted by Gasteiger charge is 2.41. The molecule has 3 N–H and O–H groups in total. The van der Waals surface area contributed by atoms with Gasteiger partial charge in [-0.25, -0.2) is 4.39 Å². The van der Waals surface area contributed by atoms with Crippen molar-refractivity contribution in [2.24, 2.45) is 11.1 Å². The Bertz CT molecular complexity index is 473. The second-order valence-electron chi connectivity index (χ2n) is 5.07. The van der Waals surface area contributed by atoms with Gasteiger partial charge in [0, 0.05) is 12.6 Å². The molecule has 104 valence electrons. The number of amides is 1. The van der Waals surface area contributed by atoms with E-state index < -0.39 is 5.82 Å². The summed E-state index contributed by atoms with van der Waals surface area (Å²) < 4.78 is 18.6. The number of nitrogens with one attached hydrogen (secondary N) is 1. The summed E-state index contributed by atoms with van der Waals surface area (Å²) in [4.78, 5) is 11.9. The standard InChI is InChI=1S/C14H19FN2O2/c1-19-10-2-3-11(12(15)8-10)13(18)17-9-14(4-5-14)6-7-16/h2-3,8H,4-7,9,16H2,1H3,(H,17,18). The van der Waals surface area contributed by atoms with E-state index in [9.17, 15) is 9.18 Å². The second kappa shape index (κ2) is 5.57. The van der Waals surface area contributed by atoms with Gasteiger partial charge in [0.05, 0.1) is 12.7 Å². The molecule has 5 heteroatoms. The molecule has 0 saturated heterocycles. The van der Waals surface area contributed by atoms with Gasteiger partial charge in [-0.1, -0.05) is 0 Å². The minimum Gasteiger partial charge on any atom is -0.497 e. The molecular weight excluding hydrogens is 247 g/mol. The highest BCUT2D eigenvalue weighted by atomic mass is 19.1. The topological polar surface area (TPSA) is 64.3 Å². The van der Waals surface area contributed by atoms with Crippen molar-refractivity contribution in [3.05, 3.63) is 29.6 Å². The lowest BCUT2D eigenvalue weighted by Gasteiger charge is -2.15. The molecular formula is C14H19FN2O2.